The summed E-state index contributed by atoms with van der Waals surface area (Å²) >= 11 is 0. The molecule has 7 nitrogen and oxygen atoms in total. The maximum atomic E-state index is 5.56. The van der Waals surface area contributed by atoms with Gasteiger partial charge in [-0.2, -0.15) is 0 Å². The van der Waals surface area contributed by atoms with Crippen LogP contribution < -0.4 is 20.1 Å². The lowest BCUT2D eigenvalue weighted by molar-refractivity contribution is 0.105. The number of benzene rings is 1. The van der Waals surface area contributed by atoms with E-state index in [0.717, 1.165) is 54.7 Å². The van der Waals surface area contributed by atoms with Crippen LogP contribution in [0.3, 0.4) is 0 Å². The van der Waals surface area contributed by atoms with Crippen molar-refractivity contribution in [1.82, 2.24) is 10.6 Å². The predicted octanol–water partition coefficient (Wildman–Crippen LogP) is 2.61. The second-order valence-electron chi connectivity index (χ2n) is 5.84. The monoisotopic (exact) mass is 375 g/mol. The molecule has 1 aromatic heterocycles. The number of furan rings is 1. The number of guanidine groups is 1. The van der Waals surface area contributed by atoms with E-state index in [-0.39, 0.29) is 0 Å². The highest BCUT2D eigenvalue weighted by Gasteiger charge is 2.05. The molecule has 0 spiro atoms. The fourth-order valence-corrected chi connectivity index (χ4v) is 2.56. The lowest BCUT2D eigenvalue weighted by Crippen LogP contribution is -2.39. The Kier molecular flexibility index (Phi) is 9.06. The van der Waals surface area contributed by atoms with Gasteiger partial charge in [-0.3, -0.25) is 4.99 Å². The van der Waals surface area contributed by atoms with Crippen LogP contribution in [-0.2, 0) is 17.8 Å². The second-order valence-corrected chi connectivity index (χ2v) is 5.84. The maximum absolute atomic E-state index is 5.56. The average molecular weight is 375 g/mol. The van der Waals surface area contributed by atoms with E-state index >= 15 is 0 Å². The van der Waals surface area contributed by atoms with Crippen LogP contribution in [-0.4, -0.2) is 46.9 Å². The Morgan fingerprint density at radius 2 is 1.96 bits per heavy atom. The van der Waals surface area contributed by atoms with Gasteiger partial charge in [0.2, 0.25) is 0 Å². The first kappa shape index (κ1) is 20.6. The molecule has 0 unspecified atom stereocenters. The van der Waals surface area contributed by atoms with Crippen molar-refractivity contribution in [2.24, 2.45) is 4.99 Å². The molecule has 0 radical (unpaired) electrons. The summed E-state index contributed by atoms with van der Waals surface area (Å²) < 4.78 is 21.5. The highest BCUT2D eigenvalue weighted by molar-refractivity contribution is 5.79. The molecule has 0 aliphatic heterocycles. The molecule has 2 N–H and O–H groups in total. The molecule has 0 fully saturated rings. The topological polar surface area (TPSA) is 77.3 Å². The quantitative estimate of drug-likeness (QED) is 0.357. The van der Waals surface area contributed by atoms with Gasteiger partial charge in [0.05, 0.1) is 20.5 Å². The molecule has 0 saturated carbocycles. The van der Waals surface area contributed by atoms with Gasteiger partial charge < -0.3 is 29.3 Å². The first-order chi connectivity index (χ1) is 13.3. The minimum atomic E-state index is 0.502. The molecule has 2 aromatic rings. The van der Waals surface area contributed by atoms with E-state index < -0.39 is 0 Å². The number of rotatable bonds is 11. The van der Waals surface area contributed by atoms with Gasteiger partial charge in [0.1, 0.15) is 23.9 Å². The van der Waals surface area contributed by atoms with Crippen molar-refractivity contribution in [2.75, 3.05) is 41.0 Å². The minimum absolute atomic E-state index is 0.502. The van der Waals surface area contributed by atoms with Gasteiger partial charge in [-0.05, 0) is 48.7 Å². The summed E-state index contributed by atoms with van der Waals surface area (Å²) in [6.45, 7) is 2.67. The molecule has 148 valence electrons. The van der Waals surface area contributed by atoms with Crippen LogP contribution in [0.25, 0.3) is 0 Å². The number of methoxy groups -OCH3 is 2. The summed E-state index contributed by atoms with van der Waals surface area (Å²) in [4.78, 5) is 4.24. The molecular formula is C20H29N3O4. The zero-order chi connectivity index (χ0) is 19.3. The average Bonchev–Trinajstić information content (AvgIpc) is 3.22. The fraction of sp³-hybridized carbons (Fsp3) is 0.450. The van der Waals surface area contributed by atoms with Gasteiger partial charge in [-0.15, -0.1) is 0 Å². The number of hydrogen-bond acceptors (Lipinski definition) is 5. The van der Waals surface area contributed by atoms with Crippen LogP contribution in [0.1, 0.15) is 17.7 Å². The second kappa shape index (κ2) is 11.9. The molecule has 27 heavy (non-hydrogen) atoms. The summed E-state index contributed by atoms with van der Waals surface area (Å²) in [6, 6.07) is 9.57. The van der Waals surface area contributed by atoms with Crippen LogP contribution in [0.2, 0.25) is 0 Å². The Balaban J connectivity index is 1.64. The number of ether oxygens (including phenoxy) is 3. The highest BCUT2D eigenvalue weighted by atomic mass is 16.5. The Morgan fingerprint density at radius 1 is 1.11 bits per heavy atom. The van der Waals surface area contributed by atoms with Gasteiger partial charge in [0, 0.05) is 26.7 Å². The third-order valence-corrected chi connectivity index (χ3v) is 3.98. The van der Waals surface area contributed by atoms with Gasteiger partial charge >= 0.3 is 0 Å². The minimum Gasteiger partial charge on any atom is -0.497 e. The van der Waals surface area contributed by atoms with Crippen molar-refractivity contribution in [3.05, 3.63) is 47.9 Å². The van der Waals surface area contributed by atoms with Crippen LogP contribution in [0.4, 0.5) is 0 Å². The first-order valence-corrected chi connectivity index (χ1v) is 9.02. The summed E-state index contributed by atoms with van der Waals surface area (Å²) in [5.74, 6) is 3.29. The Hall–Kier alpha value is -2.67. The van der Waals surface area contributed by atoms with E-state index in [1.165, 1.54) is 0 Å². The van der Waals surface area contributed by atoms with Crippen LogP contribution in [0.15, 0.2) is 46.0 Å². The third-order valence-electron chi connectivity index (χ3n) is 3.98. The van der Waals surface area contributed by atoms with Gasteiger partial charge in [-0.25, -0.2) is 0 Å². The molecule has 1 heterocycles. The van der Waals surface area contributed by atoms with Crippen molar-refractivity contribution >= 4 is 5.96 Å². The highest BCUT2D eigenvalue weighted by Crippen LogP contribution is 2.24. The van der Waals surface area contributed by atoms with Gasteiger partial charge in [-0.1, -0.05) is 0 Å². The van der Waals surface area contributed by atoms with E-state index in [0.29, 0.717) is 13.2 Å². The zero-order valence-corrected chi connectivity index (χ0v) is 16.3. The summed E-state index contributed by atoms with van der Waals surface area (Å²) in [5, 5.41) is 6.59. The predicted molar refractivity (Wildman–Crippen MR) is 106 cm³/mol. The Morgan fingerprint density at radius 3 is 2.67 bits per heavy atom. The molecule has 0 amide bonds. The van der Waals surface area contributed by atoms with Gasteiger partial charge in [0.25, 0.3) is 0 Å². The number of nitrogens with one attached hydrogen (secondary N) is 2. The zero-order valence-electron chi connectivity index (χ0n) is 16.3. The van der Waals surface area contributed by atoms with Crippen molar-refractivity contribution in [3.8, 4) is 11.5 Å². The lowest BCUT2D eigenvalue weighted by atomic mass is 10.1. The first-order valence-electron chi connectivity index (χ1n) is 9.02. The van der Waals surface area contributed by atoms with E-state index in [4.69, 9.17) is 18.6 Å². The van der Waals surface area contributed by atoms with Crippen molar-refractivity contribution in [1.29, 1.82) is 0 Å². The van der Waals surface area contributed by atoms with Crippen molar-refractivity contribution < 1.29 is 18.6 Å². The van der Waals surface area contributed by atoms with E-state index in [9.17, 15) is 0 Å². The molecule has 0 aliphatic carbocycles. The summed E-state index contributed by atoms with van der Waals surface area (Å²) in [5.41, 5.74) is 1.09. The van der Waals surface area contributed by atoms with Crippen molar-refractivity contribution in [2.45, 2.75) is 19.4 Å². The van der Waals surface area contributed by atoms with E-state index in [1.54, 1.807) is 27.5 Å². The van der Waals surface area contributed by atoms with Crippen LogP contribution >= 0.6 is 0 Å². The molecule has 0 saturated heterocycles. The number of hydrogen-bond donors (Lipinski definition) is 2. The summed E-state index contributed by atoms with van der Waals surface area (Å²) in [6.07, 6.45) is 3.33. The van der Waals surface area contributed by atoms with Gasteiger partial charge in [0.15, 0.2) is 5.96 Å². The maximum Gasteiger partial charge on any atom is 0.190 e. The summed E-state index contributed by atoms with van der Waals surface area (Å²) in [7, 11) is 5.09. The molecule has 1 aromatic carbocycles. The van der Waals surface area contributed by atoms with E-state index in [1.807, 2.05) is 30.3 Å². The number of aliphatic imine (C=N–C) groups is 1. The van der Waals surface area contributed by atoms with E-state index in [2.05, 4.69) is 15.6 Å². The molecule has 2 rings (SSSR count). The molecule has 0 aliphatic rings. The largest absolute Gasteiger partial charge is 0.497 e. The SMILES string of the molecule is CN=C(NCCCOCc1ccco1)NCCc1cc(OC)ccc1OC. The fourth-order valence-electron chi connectivity index (χ4n) is 2.56. The van der Waals surface area contributed by atoms with Crippen LogP contribution in [0.5, 0.6) is 11.5 Å². The lowest BCUT2D eigenvalue weighted by Gasteiger charge is -2.14. The van der Waals surface area contributed by atoms with Crippen LogP contribution in [0, 0.1) is 0 Å². The Bertz CT molecular complexity index is 687. The molecule has 7 heteroatoms. The number of nitrogens with zero attached hydrogens (tertiary/aromatic N) is 1. The normalized spacial score (nSPS) is 11.3. The Labute approximate surface area is 160 Å². The molecule has 0 bridgehead atoms. The molecular weight excluding hydrogens is 346 g/mol. The molecule has 0 atom stereocenters. The smallest absolute Gasteiger partial charge is 0.190 e. The standard InChI is InChI=1S/C20H29N3O4/c1-21-20(22-10-5-12-26-15-18-6-4-13-27-18)23-11-9-16-14-17(24-2)7-8-19(16)25-3/h4,6-8,13-14H,5,9-12,15H2,1-3H3,(H2,21,22,23). The van der Waals surface area contributed by atoms with Crippen molar-refractivity contribution in [3.63, 3.8) is 0 Å². The third kappa shape index (κ3) is 7.22.